The van der Waals surface area contributed by atoms with Crippen LogP contribution in [-0.2, 0) is 4.79 Å². The molecular weight excluding hydrogens is 473 g/mol. The van der Waals surface area contributed by atoms with Gasteiger partial charge in [-0.3, -0.25) is 4.79 Å². The Kier molecular flexibility index (Phi) is 6.22. The summed E-state index contributed by atoms with van der Waals surface area (Å²) in [6, 6.07) is 12.9. The summed E-state index contributed by atoms with van der Waals surface area (Å²) >= 11 is 20.1. The van der Waals surface area contributed by atoms with Crippen molar-refractivity contribution in [3.8, 4) is 5.69 Å². The summed E-state index contributed by atoms with van der Waals surface area (Å²) in [5.41, 5.74) is 5.26. The van der Waals surface area contributed by atoms with Crippen LogP contribution in [0.15, 0.2) is 52.4 Å². The van der Waals surface area contributed by atoms with Crippen molar-refractivity contribution in [1.29, 1.82) is 0 Å². The Bertz CT molecular complexity index is 1280. The van der Waals surface area contributed by atoms with Gasteiger partial charge in [0.05, 0.1) is 21.3 Å². The predicted octanol–water partition coefficient (Wildman–Crippen LogP) is 7.25. The van der Waals surface area contributed by atoms with Crippen LogP contribution in [0, 0.1) is 20.8 Å². The molecule has 1 amide bonds. The maximum atomic E-state index is 12.6. The van der Waals surface area contributed by atoms with E-state index in [1.807, 2.05) is 61.7 Å². The van der Waals surface area contributed by atoms with Crippen LogP contribution in [0.1, 0.15) is 22.5 Å². The van der Waals surface area contributed by atoms with Crippen molar-refractivity contribution in [3.05, 3.63) is 85.0 Å². The number of rotatable bonds is 3. The standard InChI is InChI=1S/C23H18Cl3N3OS/c1-12-9-15(14(3)29(12)20-11-16(24)7-8-18(20)26)10-21-22(30)28-23(31-21)27-19-6-4-5-17(25)13(19)2/h4-11H,1-3H3,(H,27,28,30)/b21-10+. The first-order valence-electron chi connectivity index (χ1n) is 9.43. The summed E-state index contributed by atoms with van der Waals surface area (Å²) in [4.78, 5) is 17.7. The summed E-state index contributed by atoms with van der Waals surface area (Å²) in [6.07, 6.45) is 1.87. The smallest absolute Gasteiger partial charge is 0.264 e. The highest BCUT2D eigenvalue weighted by Gasteiger charge is 2.25. The van der Waals surface area contributed by atoms with Gasteiger partial charge in [0.2, 0.25) is 0 Å². The van der Waals surface area contributed by atoms with Crippen LogP contribution in [0.3, 0.4) is 0 Å². The monoisotopic (exact) mass is 489 g/mol. The second-order valence-corrected chi connectivity index (χ2v) is 9.40. The Morgan fingerprint density at radius 3 is 2.58 bits per heavy atom. The molecule has 1 aliphatic heterocycles. The van der Waals surface area contributed by atoms with E-state index in [4.69, 9.17) is 34.8 Å². The van der Waals surface area contributed by atoms with E-state index >= 15 is 0 Å². The normalized spacial score (nSPS) is 16.4. The highest BCUT2D eigenvalue weighted by molar-refractivity contribution is 8.18. The second kappa shape index (κ2) is 8.75. The number of hydrogen-bond donors (Lipinski definition) is 1. The predicted molar refractivity (Wildman–Crippen MR) is 132 cm³/mol. The molecule has 1 saturated heterocycles. The number of aliphatic imine (C=N–C) groups is 1. The lowest BCUT2D eigenvalue weighted by molar-refractivity contribution is -0.115. The Labute approximate surface area is 199 Å². The number of amides is 1. The summed E-state index contributed by atoms with van der Waals surface area (Å²) in [5, 5.41) is 5.19. The molecule has 8 heteroatoms. The highest BCUT2D eigenvalue weighted by atomic mass is 35.5. The van der Waals surface area contributed by atoms with E-state index in [0.717, 1.165) is 33.9 Å². The molecule has 0 spiro atoms. The third-order valence-corrected chi connectivity index (χ3v) is 6.89. The Balaban J connectivity index is 1.68. The van der Waals surface area contributed by atoms with Crippen LogP contribution in [0.4, 0.5) is 5.69 Å². The molecule has 0 radical (unpaired) electrons. The van der Waals surface area contributed by atoms with Gasteiger partial charge in [-0.1, -0.05) is 40.9 Å². The molecule has 3 aromatic rings. The SMILES string of the molecule is Cc1c(Cl)cccc1N=C1NC(=O)/C(=C\c2cc(C)n(-c3cc(Cl)ccc3Cl)c2C)S1. The van der Waals surface area contributed by atoms with E-state index in [-0.39, 0.29) is 5.91 Å². The minimum atomic E-state index is -0.186. The van der Waals surface area contributed by atoms with Crippen molar-refractivity contribution < 1.29 is 4.79 Å². The van der Waals surface area contributed by atoms with Crippen LogP contribution in [0.2, 0.25) is 15.1 Å². The first kappa shape index (κ1) is 22.0. The van der Waals surface area contributed by atoms with Gasteiger partial charge < -0.3 is 9.88 Å². The van der Waals surface area contributed by atoms with Crippen molar-refractivity contribution in [1.82, 2.24) is 9.88 Å². The molecule has 4 rings (SSSR count). The summed E-state index contributed by atoms with van der Waals surface area (Å²) < 4.78 is 2.03. The molecule has 158 valence electrons. The molecule has 1 N–H and O–H groups in total. The van der Waals surface area contributed by atoms with Gasteiger partial charge in [0.25, 0.3) is 5.91 Å². The quantitative estimate of drug-likeness (QED) is 0.393. The molecule has 4 nitrogen and oxygen atoms in total. The number of nitrogens with zero attached hydrogens (tertiary/aromatic N) is 2. The first-order chi connectivity index (χ1) is 14.7. The number of benzene rings is 2. The van der Waals surface area contributed by atoms with Crippen molar-refractivity contribution in [3.63, 3.8) is 0 Å². The lowest BCUT2D eigenvalue weighted by Gasteiger charge is -2.12. The van der Waals surface area contributed by atoms with Crippen LogP contribution >= 0.6 is 46.6 Å². The van der Waals surface area contributed by atoms with E-state index in [1.54, 1.807) is 12.1 Å². The van der Waals surface area contributed by atoms with Crippen LogP contribution in [-0.4, -0.2) is 15.6 Å². The molecule has 0 atom stereocenters. The van der Waals surface area contributed by atoms with Gasteiger partial charge in [-0.15, -0.1) is 0 Å². The number of carbonyl (C=O) groups is 1. The minimum Gasteiger partial charge on any atom is -0.316 e. The molecule has 1 aromatic heterocycles. The third kappa shape index (κ3) is 4.41. The van der Waals surface area contributed by atoms with Gasteiger partial charge >= 0.3 is 0 Å². The fourth-order valence-corrected chi connectivity index (χ4v) is 4.77. The Hall–Kier alpha value is -2.18. The third-order valence-electron chi connectivity index (χ3n) is 5.02. The molecule has 1 aliphatic rings. The lowest BCUT2D eigenvalue weighted by Crippen LogP contribution is -2.19. The lowest BCUT2D eigenvalue weighted by atomic mass is 10.2. The first-order valence-corrected chi connectivity index (χ1v) is 11.4. The van der Waals surface area contributed by atoms with Crippen LogP contribution < -0.4 is 5.32 Å². The largest absolute Gasteiger partial charge is 0.316 e. The molecule has 0 saturated carbocycles. The zero-order valence-electron chi connectivity index (χ0n) is 17.0. The topological polar surface area (TPSA) is 46.4 Å². The second-order valence-electron chi connectivity index (χ2n) is 7.12. The van der Waals surface area contributed by atoms with Gasteiger partial charge in [0.1, 0.15) is 0 Å². The number of aromatic nitrogens is 1. The number of carbonyl (C=O) groups excluding carboxylic acids is 1. The molecule has 2 aromatic carbocycles. The van der Waals surface area contributed by atoms with Crippen molar-refractivity contribution in [2.75, 3.05) is 0 Å². The fraction of sp³-hybridized carbons (Fsp3) is 0.130. The van der Waals surface area contributed by atoms with Crippen LogP contribution in [0.5, 0.6) is 0 Å². The number of thioether (sulfide) groups is 1. The maximum Gasteiger partial charge on any atom is 0.264 e. The van der Waals surface area contributed by atoms with Gasteiger partial charge in [0, 0.05) is 21.4 Å². The molecule has 1 fully saturated rings. The van der Waals surface area contributed by atoms with Gasteiger partial charge in [-0.25, -0.2) is 4.99 Å². The number of halogens is 3. The molecule has 31 heavy (non-hydrogen) atoms. The number of hydrogen-bond acceptors (Lipinski definition) is 3. The molecule has 0 aliphatic carbocycles. The van der Waals surface area contributed by atoms with Crippen molar-refractivity contribution >= 4 is 69.4 Å². The zero-order chi connectivity index (χ0) is 22.3. The average molecular weight is 491 g/mol. The van der Waals surface area contributed by atoms with Crippen molar-refractivity contribution in [2.24, 2.45) is 4.99 Å². The van der Waals surface area contributed by atoms with Gasteiger partial charge in [-0.05, 0) is 86.1 Å². The average Bonchev–Trinajstić information content (AvgIpc) is 3.20. The Morgan fingerprint density at radius 2 is 1.81 bits per heavy atom. The number of aryl methyl sites for hydroxylation is 1. The highest BCUT2D eigenvalue weighted by Crippen LogP contribution is 2.34. The summed E-state index contributed by atoms with van der Waals surface area (Å²) in [6.45, 7) is 5.87. The molecule has 0 bridgehead atoms. The van der Waals surface area contributed by atoms with E-state index < -0.39 is 0 Å². The van der Waals surface area contributed by atoms with Gasteiger partial charge in [0.15, 0.2) is 5.17 Å². The van der Waals surface area contributed by atoms with Crippen LogP contribution in [0.25, 0.3) is 11.8 Å². The molecule has 0 unspecified atom stereocenters. The van der Waals surface area contributed by atoms with E-state index in [0.29, 0.717) is 25.1 Å². The fourth-order valence-electron chi connectivity index (χ4n) is 3.41. The maximum absolute atomic E-state index is 12.6. The molecule has 2 heterocycles. The van der Waals surface area contributed by atoms with E-state index in [1.165, 1.54) is 11.8 Å². The number of nitrogens with one attached hydrogen (secondary N) is 1. The van der Waals surface area contributed by atoms with E-state index in [9.17, 15) is 4.79 Å². The Morgan fingerprint density at radius 1 is 1.03 bits per heavy atom. The minimum absolute atomic E-state index is 0.186. The summed E-state index contributed by atoms with van der Waals surface area (Å²) in [7, 11) is 0. The van der Waals surface area contributed by atoms with Gasteiger partial charge in [-0.2, -0.15) is 0 Å². The number of amidine groups is 1. The van der Waals surface area contributed by atoms with Crippen molar-refractivity contribution in [2.45, 2.75) is 20.8 Å². The molecular formula is C23H18Cl3N3OS. The van der Waals surface area contributed by atoms with E-state index in [2.05, 4.69) is 10.3 Å². The summed E-state index contributed by atoms with van der Waals surface area (Å²) in [5.74, 6) is -0.186. The zero-order valence-corrected chi connectivity index (χ0v) is 20.0.